The van der Waals surface area contributed by atoms with Gasteiger partial charge in [-0.1, -0.05) is 0 Å². The van der Waals surface area contributed by atoms with E-state index in [1.807, 2.05) is 4.90 Å². The average Bonchev–Trinajstić information content (AvgIpc) is 2.96. The van der Waals surface area contributed by atoms with Crippen LogP contribution < -0.4 is 0 Å². The molecule has 0 spiro atoms. The first-order chi connectivity index (χ1) is 8.18. The van der Waals surface area contributed by atoms with Crippen LogP contribution in [0.25, 0.3) is 0 Å². The fourth-order valence-corrected chi connectivity index (χ4v) is 2.34. The van der Waals surface area contributed by atoms with Gasteiger partial charge in [-0.2, -0.15) is 0 Å². The van der Waals surface area contributed by atoms with E-state index in [9.17, 15) is 9.59 Å². The molecule has 2 aliphatic rings. The molecule has 2 aliphatic heterocycles. The number of nitrogens with zero attached hydrogens (tertiary/aromatic N) is 2. The van der Waals surface area contributed by atoms with Crippen molar-refractivity contribution in [2.24, 2.45) is 0 Å². The first-order valence-electron chi connectivity index (χ1n) is 6.33. The Balaban J connectivity index is 1.74. The third kappa shape index (κ3) is 2.97. The van der Waals surface area contributed by atoms with E-state index in [-0.39, 0.29) is 17.9 Å². The van der Waals surface area contributed by atoms with Crippen molar-refractivity contribution in [2.45, 2.75) is 31.8 Å². The van der Waals surface area contributed by atoms with Crippen LogP contribution >= 0.6 is 0 Å². The highest BCUT2D eigenvalue weighted by Crippen LogP contribution is 2.14. The van der Waals surface area contributed by atoms with Crippen molar-refractivity contribution < 1.29 is 14.3 Å². The molecule has 2 amide bonds. The summed E-state index contributed by atoms with van der Waals surface area (Å²) in [5.74, 6) is 0.261. The lowest BCUT2D eigenvalue weighted by Crippen LogP contribution is -2.41. The Kier molecular flexibility index (Phi) is 3.99. The van der Waals surface area contributed by atoms with Gasteiger partial charge in [0.1, 0.15) is 6.10 Å². The summed E-state index contributed by atoms with van der Waals surface area (Å²) in [7, 11) is 1.78. The van der Waals surface area contributed by atoms with Crippen LogP contribution in [0, 0.1) is 0 Å². The summed E-state index contributed by atoms with van der Waals surface area (Å²) >= 11 is 0. The minimum Gasteiger partial charge on any atom is -0.368 e. The maximum atomic E-state index is 11.9. The highest BCUT2D eigenvalue weighted by Gasteiger charge is 2.27. The Morgan fingerprint density at radius 1 is 1.53 bits per heavy atom. The number of likely N-dealkylation sites (N-methyl/N-ethyl adjacent to an activating group) is 1. The summed E-state index contributed by atoms with van der Waals surface area (Å²) in [4.78, 5) is 26.9. The molecule has 1 atom stereocenters. The molecule has 0 unspecified atom stereocenters. The third-order valence-corrected chi connectivity index (χ3v) is 3.46. The number of hydrogen-bond donors (Lipinski definition) is 0. The second-order valence-electron chi connectivity index (χ2n) is 4.75. The molecule has 2 saturated heterocycles. The van der Waals surface area contributed by atoms with Crippen molar-refractivity contribution in [3.05, 3.63) is 0 Å². The molecule has 2 rings (SSSR count). The third-order valence-electron chi connectivity index (χ3n) is 3.46. The zero-order valence-corrected chi connectivity index (χ0v) is 10.4. The average molecular weight is 240 g/mol. The van der Waals surface area contributed by atoms with Gasteiger partial charge in [-0.15, -0.1) is 0 Å². The Morgan fingerprint density at radius 3 is 2.94 bits per heavy atom. The summed E-state index contributed by atoms with van der Waals surface area (Å²) in [6.07, 6.45) is 3.14. The van der Waals surface area contributed by atoms with Gasteiger partial charge >= 0.3 is 0 Å². The summed E-state index contributed by atoms with van der Waals surface area (Å²) in [6, 6.07) is 0. The van der Waals surface area contributed by atoms with Gasteiger partial charge in [0.05, 0.1) is 0 Å². The molecule has 0 saturated carbocycles. The van der Waals surface area contributed by atoms with Gasteiger partial charge in [-0.25, -0.2) is 0 Å². The van der Waals surface area contributed by atoms with Gasteiger partial charge in [0.15, 0.2) is 0 Å². The number of ether oxygens (including phenoxy) is 1. The van der Waals surface area contributed by atoms with E-state index >= 15 is 0 Å². The molecule has 0 bridgehead atoms. The van der Waals surface area contributed by atoms with Crippen LogP contribution in [-0.4, -0.2) is 61.0 Å². The van der Waals surface area contributed by atoms with Crippen LogP contribution in [0.5, 0.6) is 0 Å². The van der Waals surface area contributed by atoms with Crippen molar-refractivity contribution in [1.29, 1.82) is 0 Å². The Labute approximate surface area is 102 Å². The highest BCUT2D eigenvalue weighted by molar-refractivity contribution is 5.81. The smallest absolute Gasteiger partial charge is 0.251 e. The lowest BCUT2D eigenvalue weighted by atomic mass is 10.2. The first kappa shape index (κ1) is 12.4. The molecule has 0 radical (unpaired) electrons. The van der Waals surface area contributed by atoms with E-state index in [4.69, 9.17) is 4.74 Å². The zero-order valence-electron chi connectivity index (χ0n) is 10.4. The minimum absolute atomic E-state index is 0.0501. The minimum atomic E-state index is -0.255. The standard InChI is InChI=1S/C12H20N2O3/c1-13(12(16)10-4-3-9-17-10)7-8-14-6-2-5-11(14)15/h10H,2-9H2,1H3/t10-/m1/s1. The molecule has 2 heterocycles. The summed E-state index contributed by atoms with van der Waals surface area (Å²) < 4.78 is 5.36. The maximum absolute atomic E-state index is 11.9. The Morgan fingerprint density at radius 2 is 2.35 bits per heavy atom. The van der Waals surface area contributed by atoms with Crippen LogP contribution in [0.15, 0.2) is 0 Å². The topological polar surface area (TPSA) is 49.9 Å². The molecule has 5 nitrogen and oxygen atoms in total. The van der Waals surface area contributed by atoms with Crippen LogP contribution in [0.2, 0.25) is 0 Å². The van der Waals surface area contributed by atoms with E-state index in [0.29, 0.717) is 26.1 Å². The van der Waals surface area contributed by atoms with Gasteiger partial charge in [-0.05, 0) is 19.3 Å². The zero-order chi connectivity index (χ0) is 12.3. The highest BCUT2D eigenvalue weighted by atomic mass is 16.5. The molecule has 2 fully saturated rings. The van der Waals surface area contributed by atoms with Crippen LogP contribution in [-0.2, 0) is 14.3 Å². The summed E-state index contributed by atoms with van der Waals surface area (Å²) in [5.41, 5.74) is 0. The molecule has 0 aromatic carbocycles. The van der Waals surface area contributed by atoms with Gasteiger partial charge < -0.3 is 14.5 Å². The van der Waals surface area contributed by atoms with E-state index in [1.165, 1.54) is 0 Å². The molecule has 0 aromatic heterocycles. The number of rotatable bonds is 4. The number of hydrogen-bond acceptors (Lipinski definition) is 3. The maximum Gasteiger partial charge on any atom is 0.251 e. The van der Waals surface area contributed by atoms with Gasteiger partial charge in [0.2, 0.25) is 5.91 Å². The molecule has 0 N–H and O–H groups in total. The van der Waals surface area contributed by atoms with Gasteiger partial charge in [0, 0.05) is 39.7 Å². The van der Waals surface area contributed by atoms with E-state index in [0.717, 1.165) is 25.8 Å². The normalized spacial score (nSPS) is 24.4. The molecule has 0 aromatic rings. The van der Waals surface area contributed by atoms with Crippen molar-refractivity contribution in [2.75, 3.05) is 33.3 Å². The second-order valence-corrected chi connectivity index (χ2v) is 4.75. The molecular formula is C12H20N2O3. The molecular weight excluding hydrogens is 220 g/mol. The lowest BCUT2D eigenvalue weighted by Gasteiger charge is -2.23. The quantitative estimate of drug-likeness (QED) is 0.707. The number of carbonyl (C=O) groups excluding carboxylic acids is 2. The van der Waals surface area contributed by atoms with E-state index in [1.54, 1.807) is 11.9 Å². The summed E-state index contributed by atoms with van der Waals surface area (Å²) in [6.45, 7) is 2.77. The van der Waals surface area contributed by atoms with E-state index < -0.39 is 0 Å². The lowest BCUT2D eigenvalue weighted by molar-refractivity contribution is -0.140. The fourth-order valence-electron chi connectivity index (χ4n) is 2.34. The first-order valence-corrected chi connectivity index (χ1v) is 6.33. The van der Waals surface area contributed by atoms with Crippen molar-refractivity contribution in [1.82, 2.24) is 9.80 Å². The van der Waals surface area contributed by atoms with Crippen molar-refractivity contribution >= 4 is 11.8 Å². The molecule has 0 aliphatic carbocycles. The monoisotopic (exact) mass is 240 g/mol. The van der Waals surface area contributed by atoms with Crippen molar-refractivity contribution in [3.8, 4) is 0 Å². The predicted octanol–water partition coefficient (Wildman–Crippen LogP) is 0.246. The number of amides is 2. The second kappa shape index (κ2) is 5.49. The SMILES string of the molecule is CN(CCN1CCCC1=O)C(=O)[C@H]1CCCO1. The van der Waals surface area contributed by atoms with Crippen molar-refractivity contribution in [3.63, 3.8) is 0 Å². The Bertz CT molecular complexity index is 300. The van der Waals surface area contributed by atoms with Gasteiger partial charge in [-0.3, -0.25) is 9.59 Å². The predicted molar refractivity (Wildman–Crippen MR) is 62.4 cm³/mol. The largest absolute Gasteiger partial charge is 0.368 e. The van der Waals surface area contributed by atoms with E-state index in [2.05, 4.69) is 0 Å². The number of carbonyl (C=O) groups is 2. The van der Waals surface area contributed by atoms with Crippen LogP contribution in [0.3, 0.4) is 0 Å². The van der Waals surface area contributed by atoms with Crippen LogP contribution in [0.1, 0.15) is 25.7 Å². The number of likely N-dealkylation sites (tertiary alicyclic amines) is 1. The van der Waals surface area contributed by atoms with Crippen LogP contribution in [0.4, 0.5) is 0 Å². The molecule has 5 heteroatoms. The molecule has 17 heavy (non-hydrogen) atoms. The fraction of sp³-hybridized carbons (Fsp3) is 0.833. The molecule has 96 valence electrons. The van der Waals surface area contributed by atoms with Gasteiger partial charge in [0.25, 0.3) is 5.91 Å². The summed E-state index contributed by atoms with van der Waals surface area (Å²) in [5, 5.41) is 0. The Hall–Kier alpha value is -1.10.